The molecule has 1 unspecified atom stereocenters. The van der Waals surface area contributed by atoms with Crippen molar-refractivity contribution >= 4 is 5.69 Å². The van der Waals surface area contributed by atoms with Crippen molar-refractivity contribution in [3.05, 3.63) is 15.8 Å². The van der Waals surface area contributed by atoms with Crippen molar-refractivity contribution in [2.24, 2.45) is 7.05 Å². The summed E-state index contributed by atoms with van der Waals surface area (Å²) in [6.45, 7) is 3.46. The van der Waals surface area contributed by atoms with Crippen LogP contribution in [0.5, 0.6) is 5.88 Å². The molecular formula is C10H16N4O3. The molecule has 1 N–H and O–H groups in total. The van der Waals surface area contributed by atoms with Crippen LogP contribution in [0.2, 0.25) is 0 Å². The van der Waals surface area contributed by atoms with Gasteiger partial charge in [-0.3, -0.25) is 10.1 Å². The molecule has 94 valence electrons. The van der Waals surface area contributed by atoms with E-state index in [1.807, 2.05) is 6.92 Å². The van der Waals surface area contributed by atoms with E-state index in [4.69, 9.17) is 4.74 Å². The van der Waals surface area contributed by atoms with Crippen molar-refractivity contribution in [2.45, 2.75) is 25.9 Å². The minimum Gasteiger partial charge on any atom is -0.468 e. The number of aromatic nitrogens is 2. The van der Waals surface area contributed by atoms with E-state index in [1.54, 1.807) is 7.05 Å². The molecule has 0 saturated carbocycles. The average Bonchev–Trinajstić information content (AvgIpc) is 2.88. The van der Waals surface area contributed by atoms with Gasteiger partial charge in [0.2, 0.25) is 0 Å². The van der Waals surface area contributed by atoms with Gasteiger partial charge in [0.15, 0.2) is 0 Å². The summed E-state index contributed by atoms with van der Waals surface area (Å²) in [5, 5.41) is 18.3. The van der Waals surface area contributed by atoms with Gasteiger partial charge in [0.25, 0.3) is 5.88 Å². The fourth-order valence-electron chi connectivity index (χ4n) is 1.99. The maximum Gasteiger partial charge on any atom is 0.353 e. The third-order valence-electron chi connectivity index (χ3n) is 2.85. The highest BCUT2D eigenvalue weighted by molar-refractivity contribution is 5.46. The van der Waals surface area contributed by atoms with Crippen LogP contribution in [0.4, 0.5) is 5.69 Å². The lowest BCUT2D eigenvalue weighted by molar-refractivity contribution is -0.386. The SMILES string of the molecule is CCc1nn(C)c(OC2CCNC2)c1[N+](=O)[O-]. The average molecular weight is 240 g/mol. The zero-order valence-electron chi connectivity index (χ0n) is 9.97. The van der Waals surface area contributed by atoms with E-state index in [9.17, 15) is 10.1 Å². The third-order valence-corrected chi connectivity index (χ3v) is 2.85. The van der Waals surface area contributed by atoms with Gasteiger partial charge in [0.05, 0.1) is 4.92 Å². The molecule has 0 bridgehead atoms. The van der Waals surface area contributed by atoms with Gasteiger partial charge in [0.1, 0.15) is 11.8 Å². The molecular weight excluding hydrogens is 224 g/mol. The van der Waals surface area contributed by atoms with Crippen LogP contribution in [0.15, 0.2) is 0 Å². The van der Waals surface area contributed by atoms with E-state index >= 15 is 0 Å². The van der Waals surface area contributed by atoms with Crippen LogP contribution in [0, 0.1) is 10.1 Å². The maximum atomic E-state index is 11.0. The molecule has 0 amide bonds. The smallest absolute Gasteiger partial charge is 0.353 e. The predicted octanol–water partition coefficient (Wildman–Crippen LogP) is 0.631. The van der Waals surface area contributed by atoms with Crippen LogP contribution in [0.1, 0.15) is 19.0 Å². The number of hydrogen-bond donors (Lipinski definition) is 1. The molecule has 2 heterocycles. The number of rotatable bonds is 4. The first kappa shape index (κ1) is 11.8. The summed E-state index contributed by atoms with van der Waals surface area (Å²) in [5.74, 6) is 0.264. The van der Waals surface area contributed by atoms with E-state index in [0.717, 1.165) is 19.5 Å². The summed E-state index contributed by atoms with van der Waals surface area (Å²) in [7, 11) is 1.67. The molecule has 7 heteroatoms. The number of ether oxygens (including phenoxy) is 1. The van der Waals surface area contributed by atoms with Crippen LogP contribution in [0.25, 0.3) is 0 Å². The second kappa shape index (κ2) is 4.70. The van der Waals surface area contributed by atoms with Crippen LogP contribution in [-0.2, 0) is 13.5 Å². The van der Waals surface area contributed by atoms with E-state index in [0.29, 0.717) is 12.1 Å². The summed E-state index contributed by atoms with van der Waals surface area (Å²) in [6.07, 6.45) is 1.38. The van der Waals surface area contributed by atoms with Gasteiger partial charge in [-0.05, 0) is 19.4 Å². The first-order chi connectivity index (χ1) is 8.13. The molecule has 1 aliphatic rings. The van der Waals surface area contributed by atoms with E-state index in [2.05, 4.69) is 10.4 Å². The zero-order valence-corrected chi connectivity index (χ0v) is 9.97. The molecule has 0 radical (unpaired) electrons. The zero-order chi connectivity index (χ0) is 12.4. The number of nitro groups is 1. The Morgan fingerprint density at radius 3 is 3.00 bits per heavy atom. The molecule has 0 spiro atoms. The Hall–Kier alpha value is -1.63. The molecule has 1 aliphatic heterocycles. The van der Waals surface area contributed by atoms with Crippen molar-refractivity contribution in [1.82, 2.24) is 15.1 Å². The molecule has 1 aromatic rings. The first-order valence-electron chi connectivity index (χ1n) is 5.71. The molecule has 2 rings (SSSR count). The number of nitrogens with one attached hydrogen (secondary N) is 1. The van der Waals surface area contributed by atoms with Gasteiger partial charge in [-0.2, -0.15) is 5.10 Å². The van der Waals surface area contributed by atoms with Crippen molar-refractivity contribution in [1.29, 1.82) is 0 Å². The van der Waals surface area contributed by atoms with Crippen LogP contribution < -0.4 is 10.1 Å². The first-order valence-corrected chi connectivity index (χ1v) is 5.71. The fraction of sp³-hybridized carbons (Fsp3) is 0.700. The standard InChI is InChI=1S/C10H16N4O3/c1-3-8-9(14(15)16)10(13(2)12-8)17-7-4-5-11-6-7/h7,11H,3-6H2,1-2H3. The van der Waals surface area contributed by atoms with E-state index in [-0.39, 0.29) is 17.7 Å². The minimum absolute atomic E-state index is 0.00176. The normalized spacial score (nSPS) is 19.5. The highest BCUT2D eigenvalue weighted by atomic mass is 16.6. The van der Waals surface area contributed by atoms with Gasteiger partial charge < -0.3 is 10.1 Å². The lowest BCUT2D eigenvalue weighted by Crippen LogP contribution is -2.21. The Morgan fingerprint density at radius 1 is 1.71 bits per heavy atom. The third kappa shape index (κ3) is 2.23. The van der Waals surface area contributed by atoms with Gasteiger partial charge in [-0.25, -0.2) is 4.68 Å². The molecule has 1 fully saturated rings. The fourth-order valence-corrected chi connectivity index (χ4v) is 1.99. The van der Waals surface area contributed by atoms with Crippen molar-refractivity contribution in [3.63, 3.8) is 0 Å². The maximum absolute atomic E-state index is 11.0. The predicted molar refractivity (Wildman–Crippen MR) is 61.1 cm³/mol. The topological polar surface area (TPSA) is 82.2 Å². The second-order valence-electron chi connectivity index (χ2n) is 4.07. The Balaban J connectivity index is 2.30. The Bertz CT molecular complexity index is 423. The minimum atomic E-state index is -0.413. The highest BCUT2D eigenvalue weighted by Crippen LogP contribution is 2.31. The largest absolute Gasteiger partial charge is 0.468 e. The lowest BCUT2D eigenvalue weighted by Gasteiger charge is -2.11. The number of nitrogens with zero attached hydrogens (tertiary/aromatic N) is 3. The van der Waals surface area contributed by atoms with Gasteiger partial charge in [-0.15, -0.1) is 0 Å². The van der Waals surface area contributed by atoms with Crippen LogP contribution >= 0.6 is 0 Å². The summed E-state index contributed by atoms with van der Waals surface area (Å²) < 4.78 is 7.13. The monoisotopic (exact) mass is 240 g/mol. The van der Waals surface area contributed by atoms with Crippen molar-refractivity contribution in [2.75, 3.05) is 13.1 Å². The Morgan fingerprint density at radius 2 is 2.47 bits per heavy atom. The van der Waals surface area contributed by atoms with E-state index in [1.165, 1.54) is 4.68 Å². The molecule has 7 nitrogen and oxygen atoms in total. The van der Waals surface area contributed by atoms with Crippen LogP contribution in [0.3, 0.4) is 0 Å². The number of hydrogen-bond acceptors (Lipinski definition) is 5. The Labute approximate surface area is 98.9 Å². The molecule has 1 saturated heterocycles. The molecule has 0 aliphatic carbocycles. The van der Waals surface area contributed by atoms with Gasteiger partial charge >= 0.3 is 5.69 Å². The molecule has 0 aromatic carbocycles. The van der Waals surface area contributed by atoms with Crippen molar-refractivity contribution in [3.8, 4) is 5.88 Å². The van der Waals surface area contributed by atoms with Crippen LogP contribution in [-0.4, -0.2) is 33.9 Å². The number of aryl methyl sites for hydroxylation is 2. The molecule has 1 atom stereocenters. The summed E-state index contributed by atoms with van der Waals surface area (Å²) in [4.78, 5) is 10.6. The van der Waals surface area contributed by atoms with Gasteiger partial charge in [-0.1, -0.05) is 6.92 Å². The molecule has 1 aromatic heterocycles. The van der Waals surface area contributed by atoms with Gasteiger partial charge in [0, 0.05) is 13.6 Å². The quantitative estimate of drug-likeness (QED) is 0.616. The van der Waals surface area contributed by atoms with Crippen molar-refractivity contribution < 1.29 is 9.66 Å². The second-order valence-corrected chi connectivity index (χ2v) is 4.07. The highest BCUT2D eigenvalue weighted by Gasteiger charge is 2.29. The summed E-state index contributed by atoms with van der Waals surface area (Å²) >= 11 is 0. The van der Waals surface area contributed by atoms with E-state index < -0.39 is 4.92 Å². The summed E-state index contributed by atoms with van der Waals surface area (Å²) in [6, 6.07) is 0. The Kier molecular flexibility index (Phi) is 3.28. The lowest BCUT2D eigenvalue weighted by atomic mass is 10.3. The molecule has 17 heavy (non-hydrogen) atoms. The summed E-state index contributed by atoms with van der Waals surface area (Å²) in [5.41, 5.74) is 0.473.